The number of likely N-dealkylation sites (tertiary alicyclic amines) is 1. The molecule has 0 bridgehead atoms. The quantitative estimate of drug-likeness (QED) is 0.773. The van der Waals surface area contributed by atoms with Crippen molar-refractivity contribution in [2.45, 2.75) is 43.7 Å². The minimum Gasteiger partial charge on any atom is -0.296 e. The van der Waals surface area contributed by atoms with E-state index >= 15 is 0 Å². The molecule has 0 radical (unpaired) electrons. The van der Waals surface area contributed by atoms with Crippen molar-refractivity contribution in [1.82, 2.24) is 4.90 Å². The molecule has 0 spiro atoms. The van der Waals surface area contributed by atoms with Gasteiger partial charge >= 0.3 is 0 Å². The summed E-state index contributed by atoms with van der Waals surface area (Å²) < 4.78 is 13.7. The van der Waals surface area contributed by atoms with Gasteiger partial charge in [-0.2, -0.15) is 0 Å². The van der Waals surface area contributed by atoms with Crippen molar-refractivity contribution in [1.29, 1.82) is 0 Å². The van der Waals surface area contributed by atoms with E-state index in [0.29, 0.717) is 10.9 Å². The second-order valence-electron chi connectivity index (χ2n) is 4.59. The molecule has 1 saturated heterocycles. The minimum absolute atomic E-state index is 0.134. The highest BCUT2D eigenvalue weighted by Crippen LogP contribution is 2.21. The maximum atomic E-state index is 13.7. The molecule has 1 aliphatic rings. The van der Waals surface area contributed by atoms with E-state index in [-0.39, 0.29) is 5.82 Å². The Labute approximate surface area is 102 Å². The molecule has 1 heterocycles. The third kappa shape index (κ3) is 2.77. The lowest BCUT2D eigenvalue weighted by molar-refractivity contribution is 0.151. The number of piperidine rings is 1. The molecule has 1 aliphatic heterocycles. The van der Waals surface area contributed by atoms with Crippen LogP contribution in [0.1, 0.15) is 31.7 Å². The van der Waals surface area contributed by atoms with Crippen molar-refractivity contribution in [3.05, 3.63) is 29.6 Å². The van der Waals surface area contributed by atoms with E-state index in [0.717, 1.165) is 18.7 Å². The average molecular weight is 239 g/mol. The number of halogens is 1. The molecule has 0 aromatic heterocycles. The zero-order valence-corrected chi connectivity index (χ0v) is 10.5. The lowest BCUT2D eigenvalue weighted by Gasteiger charge is -2.33. The highest BCUT2D eigenvalue weighted by atomic mass is 32.1. The Morgan fingerprint density at radius 2 is 2.25 bits per heavy atom. The van der Waals surface area contributed by atoms with Gasteiger partial charge in [0.2, 0.25) is 0 Å². The third-order valence-electron chi connectivity index (χ3n) is 3.35. The SMILES string of the molecule is CC1CCCCN1Cc1ccc(S)cc1F. The average Bonchev–Trinajstić information content (AvgIpc) is 2.25. The largest absolute Gasteiger partial charge is 0.296 e. The Kier molecular flexibility index (Phi) is 3.87. The molecular weight excluding hydrogens is 221 g/mol. The van der Waals surface area contributed by atoms with Crippen molar-refractivity contribution in [2.24, 2.45) is 0 Å². The van der Waals surface area contributed by atoms with Gasteiger partial charge in [0.25, 0.3) is 0 Å². The molecule has 2 rings (SSSR count). The first-order valence-electron chi connectivity index (χ1n) is 5.88. The van der Waals surface area contributed by atoms with Crippen LogP contribution in [0.25, 0.3) is 0 Å². The molecule has 1 aromatic rings. The van der Waals surface area contributed by atoms with Crippen molar-refractivity contribution in [3.8, 4) is 0 Å². The summed E-state index contributed by atoms with van der Waals surface area (Å²) in [4.78, 5) is 3.05. The van der Waals surface area contributed by atoms with Crippen molar-refractivity contribution in [2.75, 3.05) is 6.54 Å². The van der Waals surface area contributed by atoms with Crippen LogP contribution in [0.2, 0.25) is 0 Å². The Bertz CT molecular complexity index is 367. The van der Waals surface area contributed by atoms with Crippen LogP contribution >= 0.6 is 12.6 Å². The number of rotatable bonds is 2. The Balaban J connectivity index is 2.07. The number of hydrogen-bond donors (Lipinski definition) is 1. The van der Waals surface area contributed by atoms with Gasteiger partial charge in [-0.05, 0) is 38.4 Å². The summed E-state index contributed by atoms with van der Waals surface area (Å²) in [6, 6.07) is 5.77. The smallest absolute Gasteiger partial charge is 0.128 e. The van der Waals surface area contributed by atoms with Crippen LogP contribution in [0, 0.1) is 5.82 Å². The summed E-state index contributed by atoms with van der Waals surface area (Å²) in [6.45, 7) is 4.04. The molecule has 0 N–H and O–H groups in total. The molecular formula is C13H18FNS. The van der Waals surface area contributed by atoms with Crippen LogP contribution in [0.15, 0.2) is 23.1 Å². The van der Waals surface area contributed by atoms with E-state index in [9.17, 15) is 4.39 Å². The second kappa shape index (κ2) is 5.19. The lowest BCUT2D eigenvalue weighted by Crippen LogP contribution is -2.36. The molecule has 1 unspecified atom stereocenters. The van der Waals surface area contributed by atoms with Gasteiger partial charge in [-0.25, -0.2) is 4.39 Å². The van der Waals surface area contributed by atoms with E-state index < -0.39 is 0 Å². The van der Waals surface area contributed by atoms with Crippen molar-refractivity contribution in [3.63, 3.8) is 0 Å². The number of nitrogens with zero attached hydrogens (tertiary/aromatic N) is 1. The molecule has 16 heavy (non-hydrogen) atoms. The first kappa shape index (κ1) is 11.9. The minimum atomic E-state index is -0.134. The number of thiol groups is 1. The molecule has 0 saturated carbocycles. The lowest BCUT2D eigenvalue weighted by atomic mass is 10.0. The van der Waals surface area contributed by atoms with Gasteiger partial charge in [0.1, 0.15) is 5.82 Å². The first-order chi connectivity index (χ1) is 7.66. The molecule has 3 heteroatoms. The molecule has 0 amide bonds. The zero-order valence-electron chi connectivity index (χ0n) is 9.62. The standard InChI is InChI=1S/C13H18FNS/c1-10-4-2-3-7-15(10)9-11-5-6-12(16)8-13(11)14/h5-6,8,10,16H,2-4,7,9H2,1H3. The van der Waals surface area contributed by atoms with Gasteiger partial charge in [-0.3, -0.25) is 4.90 Å². The summed E-state index contributed by atoms with van der Waals surface area (Å²) in [6.07, 6.45) is 3.76. The normalized spacial score (nSPS) is 22.3. The van der Waals surface area contributed by atoms with Crippen LogP contribution in [-0.4, -0.2) is 17.5 Å². The van der Waals surface area contributed by atoms with Crippen LogP contribution in [0.3, 0.4) is 0 Å². The molecule has 88 valence electrons. The highest BCUT2D eigenvalue weighted by Gasteiger charge is 2.19. The maximum Gasteiger partial charge on any atom is 0.128 e. The molecule has 1 fully saturated rings. The topological polar surface area (TPSA) is 3.24 Å². The van der Waals surface area contributed by atoms with E-state index in [1.807, 2.05) is 12.1 Å². The van der Waals surface area contributed by atoms with Crippen LogP contribution in [0.4, 0.5) is 4.39 Å². The third-order valence-corrected chi connectivity index (χ3v) is 3.63. The summed E-state index contributed by atoms with van der Waals surface area (Å²) >= 11 is 4.13. The monoisotopic (exact) mass is 239 g/mol. The molecule has 1 atom stereocenters. The molecule has 1 aromatic carbocycles. The highest BCUT2D eigenvalue weighted by molar-refractivity contribution is 7.80. The van der Waals surface area contributed by atoms with Crippen LogP contribution in [0.5, 0.6) is 0 Å². The summed E-state index contributed by atoms with van der Waals surface area (Å²) in [7, 11) is 0. The van der Waals surface area contributed by atoms with Gasteiger partial charge in [-0.15, -0.1) is 12.6 Å². The van der Waals surface area contributed by atoms with Gasteiger partial charge in [0.05, 0.1) is 0 Å². The Hall–Kier alpha value is -0.540. The van der Waals surface area contributed by atoms with E-state index in [1.54, 1.807) is 0 Å². The first-order valence-corrected chi connectivity index (χ1v) is 6.33. The van der Waals surface area contributed by atoms with Gasteiger partial charge < -0.3 is 0 Å². The maximum absolute atomic E-state index is 13.7. The fraction of sp³-hybridized carbons (Fsp3) is 0.538. The Morgan fingerprint density at radius 1 is 1.44 bits per heavy atom. The second-order valence-corrected chi connectivity index (χ2v) is 5.11. The van der Waals surface area contributed by atoms with E-state index in [2.05, 4.69) is 24.5 Å². The number of benzene rings is 1. The number of hydrogen-bond acceptors (Lipinski definition) is 2. The molecule has 1 nitrogen and oxygen atoms in total. The fourth-order valence-corrected chi connectivity index (χ4v) is 2.46. The zero-order chi connectivity index (χ0) is 11.5. The van der Waals surface area contributed by atoms with Crippen LogP contribution in [-0.2, 0) is 6.54 Å². The van der Waals surface area contributed by atoms with Gasteiger partial charge in [-0.1, -0.05) is 12.5 Å². The van der Waals surface area contributed by atoms with Crippen molar-refractivity contribution >= 4 is 12.6 Å². The predicted octanol–water partition coefficient (Wildman–Crippen LogP) is 3.49. The summed E-state index contributed by atoms with van der Waals surface area (Å²) in [5.74, 6) is -0.134. The van der Waals surface area contributed by atoms with Gasteiger partial charge in [0, 0.05) is 23.0 Å². The van der Waals surface area contributed by atoms with E-state index in [1.165, 1.54) is 25.3 Å². The van der Waals surface area contributed by atoms with Crippen molar-refractivity contribution < 1.29 is 4.39 Å². The van der Waals surface area contributed by atoms with E-state index in [4.69, 9.17) is 0 Å². The Morgan fingerprint density at radius 3 is 2.94 bits per heavy atom. The summed E-state index contributed by atoms with van der Waals surface area (Å²) in [5.41, 5.74) is 0.784. The van der Waals surface area contributed by atoms with Gasteiger partial charge in [0.15, 0.2) is 0 Å². The van der Waals surface area contributed by atoms with Crippen LogP contribution < -0.4 is 0 Å². The summed E-state index contributed by atoms with van der Waals surface area (Å²) in [5, 5.41) is 0. The fourth-order valence-electron chi connectivity index (χ4n) is 2.28. The predicted molar refractivity (Wildman–Crippen MR) is 67.4 cm³/mol. The molecule has 0 aliphatic carbocycles.